The van der Waals surface area contributed by atoms with Gasteiger partial charge in [-0.2, -0.15) is 0 Å². The van der Waals surface area contributed by atoms with Crippen molar-refractivity contribution >= 4 is 17.3 Å². The largest absolute Gasteiger partial charge is 0.399 e. The maximum absolute atomic E-state index is 12.4. The zero-order valence-corrected chi connectivity index (χ0v) is 11.4. The van der Waals surface area contributed by atoms with Crippen molar-refractivity contribution in [3.63, 3.8) is 0 Å². The quantitative estimate of drug-likeness (QED) is 0.849. The minimum absolute atomic E-state index is 0.192. The van der Waals surface area contributed by atoms with E-state index in [1.54, 1.807) is 0 Å². The van der Waals surface area contributed by atoms with Gasteiger partial charge in [-0.25, -0.2) is 0 Å². The molecule has 0 saturated heterocycles. The number of carbonyl (C=O) groups excluding carboxylic acids is 1. The fraction of sp³-hybridized carbons (Fsp3) is 0.235. The zero-order valence-electron chi connectivity index (χ0n) is 11.4. The number of amides is 1. The van der Waals surface area contributed by atoms with Crippen LogP contribution < -0.4 is 10.6 Å². The van der Waals surface area contributed by atoms with Crippen LogP contribution in [0.2, 0.25) is 0 Å². The first-order valence-electron chi connectivity index (χ1n) is 6.97. The molecule has 0 aliphatic carbocycles. The van der Waals surface area contributed by atoms with Crippen LogP contribution in [0, 0.1) is 0 Å². The average Bonchev–Trinajstić information content (AvgIpc) is 2.59. The Morgan fingerprint density at radius 3 is 2.75 bits per heavy atom. The van der Waals surface area contributed by atoms with Crippen LogP contribution in [-0.4, -0.2) is 5.91 Å². The van der Waals surface area contributed by atoms with Crippen LogP contribution in [-0.2, 0) is 17.8 Å². The molecule has 0 unspecified atom stereocenters. The number of hydrogen-bond acceptors (Lipinski definition) is 2. The van der Waals surface area contributed by atoms with Gasteiger partial charge in [-0.3, -0.25) is 4.79 Å². The highest BCUT2D eigenvalue weighted by atomic mass is 16.2. The van der Waals surface area contributed by atoms with Gasteiger partial charge in [0, 0.05) is 17.8 Å². The summed E-state index contributed by atoms with van der Waals surface area (Å²) in [4.78, 5) is 14.2. The standard InChI is InChI=1S/C17H18N2O/c18-15-8-3-5-13(11-15)12-19-16-9-2-1-6-14(16)7-4-10-17(19)20/h1-3,5-6,8-9,11H,4,7,10,12,18H2. The number of nitrogens with zero attached hydrogens (tertiary/aromatic N) is 1. The lowest BCUT2D eigenvalue weighted by molar-refractivity contribution is -0.118. The van der Waals surface area contributed by atoms with E-state index in [2.05, 4.69) is 6.07 Å². The van der Waals surface area contributed by atoms with E-state index < -0.39 is 0 Å². The predicted molar refractivity (Wildman–Crippen MR) is 81.4 cm³/mol. The van der Waals surface area contributed by atoms with Crippen LogP contribution in [0.1, 0.15) is 24.0 Å². The zero-order chi connectivity index (χ0) is 13.9. The molecule has 0 bridgehead atoms. The highest BCUT2D eigenvalue weighted by Crippen LogP contribution is 2.28. The molecule has 0 atom stereocenters. The fourth-order valence-corrected chi connectivity index (χ4v) is 2.73. The van der Waals surface area contributed by atoms with E-state index in [4.69, 9.17) is 5.73 Å². The van der Waals surface area contributed by atoms with Crippen LogP contribution in [0.25, 0.3) is 0 Å². The van der Waals surface area contributed by atoms with E-state index in [-0.39, 0.29) is 5.91 Å². The van der Waals surface area contributed by atoms with Crippen molar-refractivity contribution < 1.29 is 4.79 Å². The van der Waals surface area contributed by atoms with Crippen LogP contribution in [0.4, 0.5) is 11.4 Å². The van der Waals surface area contributed by atoms with Crippen LogP contribution in [0.5, 0.6) is 0 Å². The minimum Gasteiger partial charge on any atom is -0.399 e. The third kappa shape index (κ3) is 2.52. The molecule has 0 spiro atoms. The van der Waals surface area contributed by atoms with Crippen molar-refractivity contribution in [1.82, 2.24) is 0 Å². The van der Waals surface area contributed by atoms with Crippen molar-refractivity contribution in [2.24, 2.45) is 0 Å². The normalized spacial score (nSPS) is 14.8. The smallest absolute Gasteiger partial charge is 0.227 e. The van der Waals surface area contributed by atoms with Gasteiger partial charge in [-0.1, -0.05) is 30.3 Å². The Kier molecular flexibility index (Phi) is 3.42. The maximum atomic E-state index is 12.4. The van der Waals surface area contributed by atoms with Gasteiger partial charge in [-0.15, -0.1) is 0 Å². The fourth-order valence-electron chi connectivity index (χ4n) is 2.73. The highest BCUT2D eigenvalue weighted by molar-refractivity contribution is 5.94. The van der Waals surface area contributed by atoms with Gasteiger partial charge in [0.2, 0.25) is 5.91 Å². The van der Waals surface area contributed by atoms with E-state index in [1.807, 2.05) is 47.4 Å². The van der Waals surface area contributed by atoms with Crippen molar-refractivity contribution in [3.8, 4) is 0 Å². The van der Waals surface area contributed by atoms with E-state index in [0.29, 0.717) is 13.0 Å². The number of para-hydroxylation sites is 1. The topological polar surface area (TPSA) is 46.3 Å². The van der Waals surface area contributed by atoms with Gasteiger partial charge >= 0.3 is 0 Å². The SMILES string of the molecule is Nc1cccc(CN2C(=O)CCCc3ccccc32)c1. The molecule has 1 amide bonds. The molecule has 3 heteroatoms. The number of aryl methyl sites for hydroxylation is 1. The summed E-state index contributed by atoms with van der Waals surface area (Å²) < 4.78 is 0. The number of fused-ring (bicyclic) bond motifs is 1. The van der Waals surface area contributed by atoms with E-state index >= 15 is 0 Å². The van der Waals surface area contributed by atoms with Gasteiger partial charge in [0.25, 0.3) is 0 Å². The van der Waals surface area contributed by atoms with Gasteiger partial charge in [0.05, 0.1) is 6.54 Å². The molecule has 2 N–H and O–H groups in total. The third-order valence-corrected chi connectivity index (χ3v) is 3.71. The summed E-state index contributed by atoms with van der Waals surface area (Å²) in [5.74, 6) is 0.192. The number of nitrogens with two attached hydrogens (primary N) is 1. The van der Waals surface area contributed by atoms with Gasteiger partial charge in [0.1, 0.15) is 0 Å². The summed E-state index contributed by atoms with van der Waals surface area (Å²) in [5.41, 5.74) is 9.91. The average molecular weight is 266 g/mol. The van der Waals surface area contributed by atoms with Crippen LogP contribution >= 0.6 is 0 Å². The third-order valence-electron chi connectivity index (χ3n) is 3.71. The minimum atomic E-state index is 0.192. The number of rotatable bonds is 2. The summed E-state index contributed by atoms with van der Waals surface area (Å²) in [5, 5.41) is 0. The van der Waals surface area contributed by atoms with Crippen molar-refractivity contribution in [3.05, 3.63) is 59.7 Å². The van der Waals surface area contributed by atoms with Gasteiger partial charge < -0.3 is 10.6 Å². The predicted octanol–water partition coefficient (Wildman–Crippen LogP) is 3.14. The Balaban J connectivity index is 1.96. The number of hydrogen-bond donors (Lipinski definition) is 1. The Morgan fingerprint density at radius 1 is 1.05 bits per heavy atom. The van der Waals surface area contributed by atoms with Crippen molar-refractivity contribution in [2.75, 3.05) is 10.6 Å². The molecule has 2 aromatic rings. The molecule has 3 nitrogen and oxygen atoms in total. The number of anilines is 2. The van der Waals surface area contributed by atoms with E-state index in [0.717, 1.165) is 29.8 Å². The lowest BCUT2D eigenvalue weighted by Gasteiger charge is -2.23. The summed E-state index contributed by atoms with van der Waals surface area (Å²) in [7, 11) is 0. The molecule has 0 fully saturated rings. The molecule has 0 radical (unpaired) electrons. The lowest BCUT2D eigenvalue weighted by atomic mass is 10.1. The second-order valence-electron chi connectivity index (χ2n) is 5.21. The monoisotopic (exact) mass is 266 g/mol. The lowest BCUT2D eigenvalue weighted by Crippen LogP contribution is -2.29. The Morgan fingerprint density at radius 2 is 1.90 bits per heavy atom. The van der Waals surface area contributed by atoms with Gasteiger partial charge in [-0.05, 0) is 42.2 Å². The Bertz CT molecular complexity index is 636. The molecule has 0 aromatic heterocycles. The molecule has 0 saturated carbocycles. The number of benzene rings is 2. The molecule has 2 aromatic carbocycles. The van der Waals surface area contributed by atoms with Crippen LogP contribution in [0.15, 0.2) is 48.5 Å². The molecular weight excluding hydrogens is 248 g/mol. The summed E-state index contributed by atoms with van der Waals surface area (Å²) in [6, 6.07) is 15.9. The first kappa shape index (κ1) is 12.7. The summed E-state index contributed by atoms with van der Waals surface area (Å²) in [6.07, 6.45) is 2.50. The summed E-state index contributed by atoms with van der Waals surface area (Å²) in [6.45, 7) is 0.584. The highest BCUT2D eigenvalue weighted by Gasteiger charge is 2.21. The van der Waals surface area contributed by atoms with E-state index in [9.17, 15) is 4.79 Å². The number of nitrogen functional groups attached to an aromatic ring is 1. The van der Waals surface area contributed by atoms with E-state index in [1.165, 1.54) is 5.56 Å². The molecule has 1 heterocycles. The first-order valence-corrected chi connectivity index (χ1v) is 6.97. The molecule has 3 rings (SSSR count). The molecule has 1 aliphatic rings. The van der Waals surface area contributed by atoms with Crippen LogP contribution in [0.3, 0.4) is 0 Å². The molecule has 1 aliphatic heterocycles. The Labute approximate surface area is 119 Å². The van der Waals surface area contributed by atoms with Gasteiger partial charge in [0.15, 0.2) is 0 Å². The maximum Gasteiger partial charge on any atom is 0.227 e. The second-order valence-corrected chi connectivity index (χ2v) is 5.21. The molecule has 20 heavy (non-hydrogen) atoms. The second kappa shape index (κ2) is 5.37. The first-order chi connectivity index (χ1) is 9.74. The molecular formula is C17H18N2O. The summed E-state index contributed by atoms with van der Waals surface area (Å²) >= 11 is 0. The Hall–Kier alpha value is -2.29. The van der Waals surface area contributed by atoms with Crippen molar-refractivity contribution in [2.45, 2.75) is 25.8 Å². The number of carbonyl (C=O) groups is 1. The van der Waals surface area contributed by atoms with Crippen molar-refractivity contribution in [1.29, 1.82) is 0 Å². The molecule has 102 valence electrons.